The molecule has 3 aromatic rings. The van der Waals surface area contributed by atoms with Crippen LogP contribution in [0.15, 0.2) is 58.2 Å². The molecule has 3 rings (SSSR count). The molecule has 0 bridgehead atoms. The molecule has 0 radical (unpaired) electrons. The molecule has 2 heterocycles. The van der Waals surface area contributed by atoms with Crippen LogP contribution in [0.2, 0.25) is 0 Å². The standard InChI is InChI=1S/C21H26N6O/c1-3-19-26-20(28-27-19)17-9-7-16(8-10-17)11-14-24-21(22-2)25-15-12-18-6-4-5-13-23-18/h4-10,13H,3,11-12,14-15H2,1-2H3,(H2,22,24,25). The van der Waals surface area contributed by atoms with Crippen LogP contribution in [0.5, 0.6) is 0 Å². The quantitative estimate of drug-likeness (QED) is 0.463. The Kier molecular flexibility index (Phi) is 7.12. The fourth-order valence-electron chi connectivity index (χ4n) is 2.73. The second kappa shape index (κ2) is 10.2. The molecule has 0 saturated carbocycles. The minimum atomic E-state index is 0.569. The lowest BCUT2D eigenvalue weighted by Gasteiger charge is -2.11. The second-order valence-corrected chi connectivity index (χ2v) is 6.31. The summed E-state index contributed by atoms with van der Waals surface area (Å²) >= 11 is 0. The van der Waals surface area contributed by atoms with Crippen molar-refractivity contribution in [2.45, 2.75) is 26.2 Å². The van der Waals surface area contributed by atoms with Gasteiger partial charge in [0, 0.05) is 50.4 Å². The van der Waals surface area contributed by atoms with Gasteiger partial charge in [0.2, 0.25) is 0 Å². The molecule has 0 unspecified atom stereocenters. The summed E-state index contributed by atoms with van der Waals surface area (Å²) in [6.45, 7) is 3.59. The molecule has 0 aliphatic carbocycles. The van der Waals surface area contributed by atoms with Crippen LogP contribution in [0.3, 0.4) is 0 Å². The first-order chi connectivity index (χ1) is 13.8. The molecule has 0 atom stereocenters. The number of hydrogen-bond donors (Lipinski definition) is 2. The lowest BCUT2D eigenvalue weighted by Crippen LogP contribution is -2.39. The van der Waals surface area contributed by atoms with Crippen molar-refractivity contribution >= 4 is 5.96 Å². The molecular weight excluding hydrogens is 352 g/mol. The third kappa shape index (κ3) is 5.64. The maximum atomic E-state index is 5.28. The number of pyridine rings is 1. The van der Waals surface area contributed by atoms with Gasteiger partial charge in [0.15, 0.2) is 11.8 Å². The summed E-state index contributed by atoms with van der Waals surface area (Å²) < 4.78 is 5.28. The summed E-state index contributed by atoms with van der Waals surface area (Å²) in [6, 6.07) is 14.2. The fraction of sp³-hybridized carbons (Fsp3) is 0.333. The molecule has 2 aromatic heterocycles. The van der Waals surface area contributed by atoms with E-state index in [9.17, 15) is 0 Å². The number of benzene rings is 1. The highest BCUT2D eigenvalue weighted by atomic mass is 16.5. The maximum absolute atomic E-state index is 5.28. The van der Waals surface area contributed by atoms with Crippen LogP contribution in [0.4, 0.5) is 0 Å². The number of nitrogens with one attached hydrogen (secondary N) is 2. The van der Waals surface area contributed by atoms with Gasteiger partial charge in [-0.05, 0) is 36.2 Å². The summed E-state index contributed by atoms with van der Waals surface area (Å²) in [6.07, 6.45) is 4.34. The van der Waals surface area contributed by atoms with Gasteiger partial charge in [-0.1, -0.05) is 30.3 Å². The van der Waals surface area contributed by atoms with Crippen LogP contribution >= 0.6 is 0 Å². The van der Waals surface area contributed by atoms with Crippen LogP contribution in [0.25, 0.3) is 11.5 Å². The normalized spacial score (nSPS) is 11.4. The van der Waals surface area contributed by atoms with Crippen molar-refractivity contribution in [1.29, 1.82) is 0 Å². The summed E-state index contributed by atoms with van der Waals surface area (Å²) in [4.78, 5) is 12.9. The SMILES string of the molecule is CCc1noc(-c2ccc(CCNC(=NC)NCCc3ccccn3)cc2)n1. The Hall–Kier alpha value is -3.22. The smallest absolute Gasteiger partial charge is 0.257 e. The van der Waals surface area contributed by atoms with Gasteiger partial charge in [-0.3, -0.25) is 9.98 Å². The largest absolute Gasteiger partial charge is 0.356 e. The van der Waals surface area contributed by atoms with E-state index in [1.165, 1.54) is 5.56 Å². The number of aliphatic imine (C=N–C) groups is 1. The van der Waals surface area contributed by atoms with Crippen molar-refractivity contribution in [2.24, 2.45) is 4.99 Å². The van der Waals surface area contributed by atoms with E-state index in [2.05, 4.69) is 42.9 Å². The number of aryl methyl sites for hydroxylation is 1. The first-order valence-corrected chi connectivity index (χ1v) is 9.55. The number of aromatic nitrogens is 3. The van der Waals surface area contributed by atoms with E-state index in [4.69, 9.17) is 4.52 Å². The minimum absolute atomic E-state index is 0.569. The maximum Gasteiger partial charge on any atom is 0.257 e. The van der Waals surface area contributed by atoms with E-state index in [1.807, 2.05) is 43.5 Å². The molecule has 0 amide bonds. The number of rotatable bonds is 8. The van der Waals surface area contributed by atoms with Crippen molar-refractivity contribution in [3.05, 3.63) is 65.7 Å². The summed E-state index contributed by atoms with van der Waals surface area (Å²) in [5, 5.41) is 10.6. The van der Waals surface area contributed by atoms with Gasteiger partial charge in [-0.2, -0.15) is 4.98 Å². The Morgan fingerprint density at radius 2 is 1.82 bits per heavy atom. The molecule has 1 aromatic carbocycles. The van der Waals surface area contributed by atoms with E-state index >= 15 is 0 Å². The predicted octanol–water partition coefficient (Wildman–Crippen LogP) is 2.64. The molecule has 0 aliphatic rings. The van der Waals surface area contributed by atoms with E-state index < -0.39 is 0 Å². The van der Waals surface area contributed by atoms with Crippen molar-refractivity contribution in [3.63, 3.8) is 0 Å². The van der Waals surface area contributed by atoms with E-state index in [1.54, 1.807) is 7.05 Å². The average molecular weight is 378 g/mol. The highest BCUT2D eigenvalue weighted by Gasteiger charge is 2.07. The second-order valence-electron chi connectivity index (χ2n) is 6.31. The van der Waals surface area contributed by atoms with E-state index in [-0.39, 0.29) is 0 Å². The van der Waals surface area contributed by atoms with Gasteiger partial charge in [0.25, 0.3) is 5.89 Å². The Morgan fingerprint density at radius 3 is 2.46 bits per heavy atom. The van der Waals surface area contributed by atoms with Crippen molar-refractivity contribution in [2.75, 3.05) is 20.1 Å². The average Bonchev–Trinajstić information content (AvgIpc) is 3.23. The van der Waals surface area contributed by atoms with Gasteiger partial charge < -0.3 is 15.2 Å². The summed E-state index contributed by atoms with van der Waals surface area (Å²) in [5.74, 6) is 2.09. The zero-order chi connectivity index (χ0) is 19.6. The van der Waals surface area contributed by atoms with Crippen molar-refractivity contribution in [1.82, 2.24) is 25.8 Å². The number of nitrogens with zero attached hydrogens (tertiary/aromatic N) is 4. The molecule has 7 heteroatoms. The zero-order valence-corrected chi connectivity index (χ0v) is 16.4. The molecule has 0 spiro atoms. The molecule has 28 heavy (non-hydrogen) atoms. The van der Waals surface area contributed by atoms with Crippen LogP contribution < -0.4 is 10.6 Å². The number of hydrogen-bond acceptors (Lipinski definition) is 5. The number of guanidine groups is 1. The van der Waals surface area contributed by atoms with Gasteiger partial charge in [-0.25, -0.2) is 0 Å². The molecular formula is C21H26N6O. The summed E-state index contributed by atoms with van der Waals surface area (Å²) in [5.41, 5.74) is 3.24. The van der Waals surface area contributed by atoms with Crippen LogP contribution in [-0.2, 0) is 19.3 Å². The Labute approximate surface area is 165 Å². The molecule has 7 nitrogen and oxygen atoms in total. The highest BCUT2D eigenvalue weighted by molar-refractivity contribution is 5.79. The molecule has 0 aliphatic heterocycles. The van der Waals surface area contributed by atoms with Gasteiger partial charge in [0.1, 0.15) is 0 Å². The topological polar surface area (TPSA) is 88.2 Å². The Morgan fingerprint density at radius 1 is 1.04 bits per heavy atom. The molecule has 0 saturated heterocycles. The zero-order valence-electron chi connectivity index (χ0n) is 16.4. The molecule has 146 valence electrons. The third-order valence-corrected chi connectivity index (χ3v) is 4.31. The fourth-order valence-corrected chi connectivity index (χ4v) is 2.73. The first kappa shape index (κ1) is 19.5. The lowest BCUT2D eigenvalue weighted by molar-refractivity contribution is 0.423. The van der Waals surface area contributed by atoms with E-state index in [0.29, 0.717) is 5.89 Å². The van der Waals surface area contributed by atoms with Crippen LogP contribution in [0.1, 0.15) is 24.0 Å². The minimum Gasteiger partial charge on any atom is -0.356 e. The van der Waals surface area contributed by atoms with Gasteiger partial charge in [-0.15, -0.1) is 0 Å². The monoisotopic (exact) mass is 378 g/mol. The molecule has 0 fully saturated rings. The van der Waals surface area contributed by atoms with Crippen molar-refractivity contribution < 1.29 is 4.52 Å². The Bertz CT molecular complexity index is 873. The predicted molar refractivity (Wildman–Crippen MR) is 110 cm³/mol. The third-order valence-electron chi connectivity index (χ3n) is 4.31. The van der Waals surface area contributed by atoms with Crippen LogP contribution in [0, 0.1) is 0 Å². The van der Waals surface area contributed by atoms with Gasteiger partial charge in [0.05, 0.1) is 0 Å². The van der Waals surface area contributed by atoms with Crippen LogP contribution in [-0.4, -0.2) is 41.2 Å². The Balaban J connectivity index is 1.42. The highest BCUT2D eigenvalue weighted by Crippen LogP contribution is 2.18. The lowest BCUT2D eigenvalue weighted by atomic mass is 10.1. The molecule has 2 N–H and O–H groups in total. The summed E-state index contributed by atoms with van der Waals surface area (Å²) in [7, 11) is 1.78. The first-order valence-electron chi connectivity index (χ1n) is 9.55. The van der Waals surface area contributed by atoms with Crippen molar-refractivity contribution in [3.8, 4) is 11.5 Å². The van der Waals surface area contributed by atoms with E-state index in [0.717, 1.165) is 55.4 Å². The van der Waals surface area contributed by atoms with Gasteiger partial charge >= 0.3 is 0 Å².